The molecule has 0 unspecified atom stereocenters. The molecule has 0 aliphatic heterocycles. The number of carboxylic acid groups (broad SMARTS) is 1. The molecule has 0 amide bonds. The number of hydrogen-bond acceptors (Lipinski definition) is 5. The van der Waals surface area contributed by atoms with Gasteiger partial charge in [0, 0.05) is 23.3 Å². The maximum atomic E-state index is 12.7. The number of aliphatic carboxylic acids is 1. The third kappa shape index (κ3) is 2.94. The van der Waals surface area contributed by atoms with Crippen LogP contribution in [0.3, 0.4) is 0 Å². The summed E-state index contributed by atoms with van der Waals surface area (Å²) < 4.78 is 10.5. The number of ether oxygens (including phenoxy) is 1. The fourth-order valence-corrected chi connectivity index (χ4v) is 2.48. The van der Waals surface area contributed by atoms with E-state index >= 15 is 0 Å². The Morgan fingerprint density at radius 1 is 1.13 bits per heavy atom. The van der Waals surface area contributed by atoms with Gasteiger partial charge in [-0.1, -0.05) is 0 Å². The monoisotopic (exact) mass is 309 g/mol. The molecule has 5 heteroatoms. The van der Waals surface area contributed by atoms with Gasteiger partial charge < -0.3 is 19.1 Å². The first kappa shape index (κ1) is 14.8. The van der Waals surface area contributed by atoms with E-state index in [0.717, 1.165) is 0 Å². The fourth-order valence-electron chi connectivity index (χ4n) is 2.48. The van der Waals surface area contributed by atoms with Gasteiger partial charge >= 0.3 is 0 Å². The standard InChI is InChI=1S/C18H14O5/c1-22-14-4-2-12(3-5-14)17(21)15-9-11(10-16(19)20)8-13-6-7-23-18(13)15/h2-9H,10H2,1H3,(H,19,20)/p-1. The molecule has 0 fully saturated rings. The Balaban J connectivity index is 2.07. The van der Waals surface area contributed by atoms with E-state index in [0.29, 0.717) is 33.4 Å². The van der Waals surface area contributed by atoms with Gasteiger partial charge in [-0.15, -0.1) is 0 Å². The Kier molecular flexibility index (Phi) is 3.85. The summed E-state index contributed by atoms with van der Waals surface area (Å²) in [5, 5.41) is 11.5. The Morgan fingerprint density at radius 2 is 1.87 bits per heavy atom. The second-order valence-corrected chi connectivity index (χ2v) is 5.09. The van der Waals surface area contributed by atoms with E-state index in [-0.39, 0.29) is 12.2 Å². The van der Waals surface area contributed by atoms with Crippen molar-refractivity contribution in [2.24, 2.45) is 0 Å². The summed E-state index contributed by atoms with van der Waals surface area (Å²) >= 11 is 0. The van der Waals surface area contributed by atoms with Crippen LogP contribution in [0.25, 0.3) is 11.0 Å². The minimum atomic E-state index is -1.20. The number of hydrogen-bond donors (Lipinski definition) is 0. The van der Waals surface area contributed by atoms with Crippen molar-refractivity contribution < 1.29 is 23.8 Å². The maximum Gasteiger partial charge on any atom is 0.196 e. The number of carbonyl (C=O) groups is 2. The van der Waals surface area contributed by atoms with Crippen molar-refractivity contribution in [3.8, 4) is 5.75 Å². The first-order valence-electron chi connectivity index (χ1n) is 6.97. The van der Waals surface area contributed by atoms with Crippen molar-refractivity contribution in [1.29, 1.82) is 0 Å². The molecule has 23 heavy (non-hydrogen) atoms. The van der Waals surface area contributed by atoms with Crippen LogP contribution in [0.5, 0.6) is 5.75 Å². The molecule has 2 aromatic carbocycles. The minimum absolute atomic E-state index is 0.243. The van der Waals surface area contributed by atoms with Crippen LogP contribution in [0.4, 0.5) is 0 Å². The van der Waals surface area contributed by atoms with Crippen molar-refractivity contribution in [3.63, 3.8) is 0 Å². The molecule has 0 saturated heterocycles. The number of carboxylic acids is 1. The van der Waals surface area contributed by atoms with Gasteiger partial charge in [-0.2, -0.15) is 0 Å². The number of fused-ring (bicyclic) bond motifs is 1. The molecular weight excluding hydrogens is 296 g/mol. The molecule has 116 valence electrons. The zero-order valence-corrected chi connectivity index (χ0v) is 12.4. The van der Waals surface area contributed by atoms with Gasteiger partial charge in [-0.25, -0.2) is 0 Å². The number of rotatable bonds is 5. The predicted molar refractivity (Wildman–Crippen MR) is 81.4 cm³/mol. The van der Waals surface area contributed by atoms with E-state index in [1.54, 1.807) is 43.5 Å². The lowest BCUT2D eigenvalue weighted by atomic mass is 9.98. The topological polar surface area (TPSA) is 79.6 Å². The van der Waals surface area contributed by atoms with E-state index in [2.05, 4.69) is 0 Å². The van der Waals surface area contributed by atoms with Gasteiger partial charge in [0.1, 0.15) is 11.3 Å². The molecule has 0 atom stereocenters. The lowest BCUT2D eigenvalue weighted by Crippen LogP contribution is -2.24. The van der Waals surface area contributed by atoms with Crippen LogP contribution in [0, 0.1) is 0 Å². The van der Waals surface area contributed by atoms with Crippen molar-refractivity contribution in [2.45, 2.75) is 6.42 Å². The van der Waals surface area contributed by atoms with Crippen LogP contribution in [0.1, 0.15) is 21.5 Å². The van der Waals surface area contributed by atoms with Gasteiger partial charge in [0.2, 0.25) is 0 Å². The van der Waals surface area contributed by atoms with Gasteiger partial charge in [-0.05, 0) is 48.0 Å². The van der Waals surface area contributed by atoms with Crippen molar-refractivity contribution in [3.05, 3.63) is 65.4 Å². The Morgan fingerprint density at radius 3 is 2.52 bits per heavy atom. The Labute approximate surface area is 132 Å². The van der Waals surface area contributed by atoms with E-state index in [9.17, 15) is 14.7 Å². The number of benzene rings is 2. The lowest BCUT2D eigenvalue weighted by Gasteiger charge is -2.08. The predicted octanol–water partition coefficient (Wildman–Crippen LogP) is 1.96. The third-order valence-electron chi connectivity index (χ3n) is 3.56. The zero-order chi connectivity index (χ0) is 16.4. The zero-order valence-electron chi connectivity index (χ0n) is 12.4. The van der Waals surface area contributed by atoms with Crippen LogP contribution in [-0.2, 0) is 11.2 Å². The summed E-state index contributed by atoms with van der Waals surface area (Å²) in [6.45, 7) is 0. The summed E-state index contributed by atoms with van der Waals surface area (Å²) in [7, 11) is 1.55. The van der Waals surface area contributed by atoms with Gasteiger partial charge in [-0.3, -0.25) is 4.79 Å². The number of ketones is 1. The van der Waals surface area contributed by atoms with E-state index in [1.165, 1.54) is 12.3 Å². The molecule has 3 rings (SSSR count). The highest BCUT2D eigenvalue weighted by atomic mass is 16.5. The molecule has 0 aliphatic carbocycles. The Hall–Kier alpha value is -3.08. The lowest BCUT2D eigenvalue weighted by molar-refractivity contribution is -0.304. The van der Waals surface area contributed by atoms with Crippen molar-refractivity contribution in [1.82, 2.24) is 0 Å². The summed E-state index contributed by atoms with van der Waals surface area (Å²) in [5.41, 5.74) is 1.73. The molecule has 0 spiro atoms. The normalized spacial score (nSPS) is 10.7. The molecule has 0 bridgehead atoms. The second-order valence-electron chi connectivity index (χ2n) is 5.09. The average Bonchev–Trinajstić information content (AvgIpc) is 3.01. The SMILES string of the molecule is COc1ccc(C(=O)c2cc(CC(=O)[O-])cc3ccoc23)cc1. The van der Waals surface area contributed by atoms with Gasteiger partial charge in [0.15, 0.2) is 5.78 Å². The van der Waals surface area contributed by atoms with Crippen LogP contribution in [0.2, 0.25) is 0 Å². The van der Waals surface area contributed by atoms with Gasteiger partial charge in [0.05, 0.1) is 18.9 Å². The Bertz CT molecular complexity index is 874. The van der Waals surface area contributed by atoms with Gasteiger partial charge in [0.25, 0.3) is 0 Å². The molecule has 0 aliphatic rings. The second kappa shape index (κ2) is 5.96. The molecule has 0 radical (unpaired) electrons. The summed E-state index contributed by atoms with van der Waals surface area (Å²) in [6, 6.07) is 11.6. The summed E-state index contributed by atoms with van der Waals surface area (Å²) in [6.07, 6.45) is 1.21. The van der Waals surface area contributed by atoms with E-state index in [1.807, 2.05) is 0 Å². The summed E-state index contributed by atoms with van der Waals surface area (Å²) in [4.78, 5) is 23.6. The molecule has 3 aromatic rings. The molecular formula is C18H13O5-. The van der Waals surface area contributed by atoms with Crippen LogP contribution in [-0.4, -0.2) is 18.9 Å². The van der Waals surface area contributed by atoms with Crippen LogP contribution < -0.4 is 9.84 Å². The molecule has 1 heterocycles. The fraction of sp³-hybridized carbons (Fsp3) is 0.111. The molecule has 1 aromatic heterocycles. The highest BCUT2D eigenvalue weighted by Gasteiger charge is 2.16. The van der Waals surface area contributed by atoms with Crippen molar-refractivity contribution >= 4 is 22.7 Å². The van der Waals surface area contributed by atoms with Crippen LogP contribution in [0.15, 0.2) is 53.1 Å². The van der Waals surface area contributed by atoms with Crippen LogP contribution >= 0.6 is 0 Å². The van der Waals surface area contributed by atoms with Crippen molar-refractivity contribution in [2.75, 3.05) is 7.11 Å². The maximum absolute atomic E-state index is 12.7. The smallest absolute Gasteiger partial charge is 0.196 e. The van der Waals surface area contributed by atoms with E-state index < -0.39 is 5.97 Å². The quantitative estimate of drug-likeness (QED) is 0.673. The molecule has 5 nitrogen and oxygen atoms in total. The number of furan rings is 1. The highest BCUT2D eigenvalue weighted by molar-refractivity contribution is 6.15. The molecule has 0 saturated carbocycles. The largest absolute Gasteiger partial charge is 0.550 e. The van der Waals surface area contributed by atoms with E-state index in [4.69, 9.17) is 9.15 Å². The third-order valence-corrected chi connectivity index (χ3v) is 3.56. The molecule has 0 N–H and O–H groups in total. The highest BCUT2D eigenvalue weighted by Crippen LogP contribution is 2.25. The number of methoxy groups -OCH3 is 1. The summed E-state index contributed by atoms with van der Waals surface area (Å²) in [5.74, 6) is -0.793. The number of carbonyl (C=O) groups excluding carboxylic acids is 2. The average molecular weight is 309 g/mol. The first-order chi connectivity index (χ1) is 11.1. The first-order valence-corrected chi connectivity index (χ1v) is 6.97. The minimum Gasteiger partial charge on any atom is -0.550 e.